The van der Waals surface area contributed by atoms with E-state index < -0.39 is 48.2 Å². The number of hydrogen-bond acceptors (Lipinski definition) is 7. The van der Waals surface area contributed by atoms with Gasteiger partial charge in [-0.15, -0.1) is 0 Å². The summed E-state index contributed by atoms with van der Waals surface area (Å²) in [5.41, 5.74) is -0.0549. The molecule has 4 atom stereocenters. The first-order chi connectivity index (χ1) is 14.2. The van der Waals surface area contributed by atoms with Crippen molar-refractivity contribution in [1.82, 2.24) is 15.5 Å². The van der Waals surface area contributed by atoms with E-state index in [1.807, 2.05) is 0 Å². The van der Waals surface area contributed by atoms with Gasteiger partial charge in [0.2, 0.25) is 5.91 Å². The van der Waals surface area contributed by atoms with E-state index in [0.717, 1.165) is 4.90 Å². The monoisotopic (exact) mass is 423 g/mol. The van der Waals surface area contributed by atoms with Gasteiger partial charge in [-0.3, -0.25) is 4.79 Å². The van der Waals surface area contributed by atoms with Crippen LogP contribution in [0.3, 0.4) is 0 Å². The minimum absolute atomic E-state index is 0.0329. The maximum absolute atomic E-state index is 12.4. The predicted octanol–water partition coefficient (Wildman–Crippen LogP) is 0.130. The molecule has 164 valence electrons. The van der Waals surface area contributed by atoms with Gasteiger partial charge < -0.3 is 35.2 Å². The number of ether oxygens (including phenoxy) is 2. The molecule has 1 saturated heterocycles. The summed E-state index contributed by atoms with van der Waals surface area (Å²) in [5.74, 6) is -2.60. The number of amides is 3. The Morgan fingerprint density at radius 2 is 1.83 bits per heavy atom. The first kappa shape index (κ1) is 22.9. The van der Waals surface area contributed by atoms with Crippen LogP contribution in [0.2, 0.25) is 0 Å². The minimum Gasteiger partial charge on any atom is -0.477 e. The number of β-lactam (4-membered cyclic amide) rings is 1. The lowest BCUT2D eigenvalue weighted by Crippen LogP contribution is -2.61. The fourth-order valence-corrected chi connectivity index (χ4v) is 3.56. The first-order valence-corrected chi connectivity index (χ1v) is 9.26. The summed E-state index contributed by atoms with van der Waals surface area (Å²) in [6.07, 6.45) is 0.234. The Morgan fingerprint density at radius 3 is 2.37 bits per heavy atom. The molecule has 0 bridgehead atoms. The van der Waals surface area contributed by atoms with E-state index in [1.54, 1.807) is 0 Å². The van der Waals surface area contributed by atoms with Crippen LogP contribution in [-0.2, 0) is 19.1 Å². The SMILES string of the molecule is C=CCOC(=O)NC[C@@H](NC(=O)OCC=C)C1=C(C(=O)O)N2C(=O)[C@H]([C@@H](C)O)[C@H]2C1. The third-order valence-corrected chi connectivity index (χ3v) is 4.79. The molecule has 11 heteroatoms. The van der Waals surface area contributed by atoms with Gasteiger partial charge in [0.15, 0.2) is 0 Å². The number of aliphatic hydroxyl groups excluding tert-OH is 1. The number of aliphatic hydroxyl groups is 1. The van der Waals surface area contributed by atoms with Crippen LogP contribution in [0.4, 0.5) is 9.59 Å². The van der Waals surface area contributed by atoms with Gasteiger partial charge in [0.05, 0.1) is 24.1 Å². The highest BCUT2D eigenvalue weighted by Gasteiger charge is 2.57. The van der Waals surface area contributed by atoms with Crippen LogP contribution in [0, 0.1) is 5.92 Å². The predicted molar refractivity (Wildman–Crippen MR) is 103 cm³/mol. The van der Waals surface area contributed by atoms with Gasteiger partial charge in [-0.05, 0) is 18.9 Å². The van der Waals surface area contributed by atoms with Crippen LogP contribution >= 0.6 is 0 Å². The quantitative estimate of drug-likeness (QED) is 0.286. The summed E-state index contributed by atoms with van der Waals surface area (Å²) in [5, 5.41) is 24.4. The van der Waals surface area contributed by atoms with Crippen LogP contribution in [0.25, 0.3) is 0 Å². The zero-order valence-electron chi connectivity index (χ0n) is 16.5. The van der Waals surface area contributed by atoms with Gasteiger partial charge in [-0.2, -0.15) is 0 Å². The Hall–Kier alpha value is -3.34. The summed E-state index contributed by atoms with van der Waals surface area (Å²) in [6, 6.07) is -1.53. The zero-order valence-corrected chi connectivity index (χ0v) is 16.5. The number of nitrogens with zero attached hydrogens (tertiary/aromatic N) is 1. The maximum atomic E-state index is 12.4. The lowest BCUT2D eigenvalue weighted by molar-refractivity contribution is -0.161. The number of carboxylic acids is 1. The first-order valence-electron chi connectivity index (χ1n) is 9.26. The molecule has 2 aliphatic heterocycles. The molecule has 0 aromatic carbocycles. The van der Waals surface area contributed by atoms with Crippen LogP contribution in [-0.4, -0.2) is 77.1 Å². The van der Waals surface area contributed by atoms with Crippen molar-refractivity contribution in [1.29, 1.82) is 0 Å². The van der Waals surface area contributed by atoms with E-state index >= 15 is 0 Å². The number of aliphatic carboxylic acids is 1. The fraction of sp³-hybridized carbons (Fsp3) is 0.474. The van der Waals surface area contributed by atoms with Gasteiger partial charge in [0.25, 0.3) is 0 Å². The Balaban J connectivity index is 2.26. The number of carbonyl (C=O) groups excluding carboxylic acids is 3. The van der Waals surface area contributed by atoms with Crippen LogP contribution in [0.5, 0.6) is 0 Å². The molecule has 1 fully saturated rings. The van der Waals surface area contributed by atoms with Gasteiger partial charge in [0.1, 0.15) is 18.9 Å². The summed E-state index contributed by atoms with van der Waals surface area (Å²) in [7, 11) is 0. The smallest absolute Gasteiger partial charge is 0.407 e. The highest BCUT2D eigenvalue weighted by Crippen LogP contribution is 2.44. The summed E-state index contributed by atoms with van der Waals surface area (Å²) in [4.78, 5) is 49.1. The Bertz CT molecular complexity index is 776. The standard InChI is InChI=1S/C19H25N3O8/c1-4-6-29-18(27)20-9-12(21-19(28)30-7-5-2)11-8-13-14(10(3)23)16(24)22(13)15(11)17(25)26/h4-5,10,12-14,23H,1-2,6-9H2,3H3,(H,20,27)(H,21,28)(H,25,26)/t10-,12-,13-,14-/m1/s1. The lowest BCUT2D eigenvalue weighted by Gasteiger charge is -2.44. The topological polar surface area (TPSA) is 154 Å². The van der Waals surface area contributed by atoms with Crippen LogP contribution in [0.15, 0.2) is 36.6 Å². The molecule has 0 spiro atoms. The Kier molecular flexibility index (Phi) is 7.59. The average Bonchev–Trinajstić information content (AvgIpc) is 3.02. The number of fused-ring (bicyclic) bond motifs is 1. The van der Waals surface area contributed by atoms with Crippen molar-refractivity contribution in [2.75, 3.05) is 19.8 Å². The fourth-order valence-electron chi connectivity index (χ4n) is 3.56. The molecule has 4 N–H and O–H groups in total. The molecule has 0 radical (unpaired) electrons. The molecule has 2 aliphatic rings. The van der Waals surface area contributed by atoms with E-state index in [-0.39, 0.29) is 37.4 Å². The number of rotatable bonds is 10. The van der Waals surface area contributed by atoms with Crippen molar-refractivity contribution in [3.8, 4) is 0 Å². The third-order valence-electron chi connectivity index (χ3n) is 4.79. The lowest BCUT2D eigenvalue weighted by atomic mass is 9.82. The van der Waals surface area contributed by atoms with Crippen molar-refractivity contribution in [2.45, 2.75) is 31.5 Å². The van der Waals surface area contributed by atoms with Crippen molar-refractivity contribution in [2.24, 2.45) is 5.92 Å². The molecule has 0 aliphatic carbocycles. The molecule has 0 aromatic heterocycles. The van der Waals surface area contributed by atoms with Crippen LogP contribution < -0.4 is 10.6 Å². The zero-order chi connectivity index (χ0) is 22.4. The van der Waals surface area contributed by atoms with E-state index in [9.17, 15) is 29.4 Å². The third kappa shape index (κ3) is 4.79. The molecule has 30 heavy (non-hydrogen) atoms. The summed E-state index contributed by atoms with van der Waals surface area (Å²) in [6.45, 7) is 8.00. The van der Waals surface area contributed by atoms with Gasteiger partial charge in [-0.25, -0.2) is 14.4 Å². The van der Waals surface area contributed by atoms with Crippen molar-refractivity contribution in [3.05, 3.63) is 36.6 Å². The van der Waals surface area contributed by atoms with Crippen molar-refractivity contribution in [3.63, 3.8) is 0 Å². The number of carboxylic acid groups (broad SMARTS) is 1. The molecular formula is C19H25N3O8. The molecule has 2 rings (SSSR count). The average molecular weight is 423 g/mol. The van der Waals surface area contributed by atoms with Crippen molar-refractivity contribution < 1.29 is 38.9 Å². The molecule has 0 unspecified atom stereocenters. The largest absolute Gasteiger partial charge is 0.477 e. The molecular weight excluding hydrogens is 398 g/mol. The second kappa shape index (κ2) is 9.92. The number of carbonyl (C=O) groups is 4. The molecule has 3 amide bonds. The summed E-state index contributed by atoms with van der Waals surface area (Å²) < 4.78 is 9.70. The second-order valence-electron chi connectivity index (χ2n) is 6.78. The number of alkyl carbamates (subject to hydrolysis) is 2. The number of hydrogen-bond donors (Lipinski definition) is 4. The summed E-state index contributed by atoms with van der Waals surface area (Å²) >= 11 is 0. The molecule has 0 saturated carbocycles. The highest BCUT2D eigenvalue weighted by molar-refractivity contribution is 6.00. The van der Waals surface area contributed by atoms with E-state index in [2.05, 4.69) is 23.8 Å². The van der Waals surface area contributed by atoms with Crippen LogP contribution in [0.1, 0.15) is 13.3 Å². The highest BCUT2D eigenvalue weighted by atomic mass is 16.6. The Morgan fingerprint density at radius 1 is 1.23 bits per heavy atom. The van der Waals surface area contributed by atoms with E-state index in [1.165, 1.54) is 19.1 Å². The molecule has 2 heterocycles. The van der Waals surface area contributed by atoms with Gasteiger partial charge >= 0.3 is 18.2 Å². The maximum Gasteiger partial charge on any atom is 0.407 e. The van der Waals surface area contributed by atoms with Gasteiger partial charge in [-0.1, -0.05) is 25.3 Å². The Labute approximate surface area is 173 Å². The minimum atomic E-state index is -1.36. The second-order valence-corrected chi connectivity index (χ2v) is 6.78. The van der Waals surface area contributed by atoms with Crippen molar-refractivity contribution >= 4 is 24.1 Å². The number of nitrogens with one attached hydrogen (secondary N) is 2. The molecule has 11 nitrogen and oxygen atoms in total. The normalized spacial score (nSPS) is 21.7. The molecule has 0 aromatic rings. The van der Waals surface area contributed by atoms with E-state index in [4.69, 9.17) is 9.47 Å². The van der Waals surface area contributed by atoms with Gasteiger partial charge in [0, 0.05) is 6.54 Å². The van der Waals surface area contributed by atoms with E-state index in [0.29, 0.717) is 0 Å².